The highest BCUT2D eigenvalue weighted by Gasteiger charge is 2.14. The van der Waals surface area contributed by atoms with Crippen LogP contribution in [-0.4, -0.2) is 32.3 Å². The molecule has 6 nitrogen and oxygen atoms in total. The molecule has 1 amide bonds. The lowest BCUT2D eigenvalue weighted by Crippen LogP contribution is -2.28. The first-order chi connectivity index (χ1) is 11.0. The summed E-state index contributed by atoms with van der Waals surface area (Å²) in [5, 5.41) is 20.6. The summed E-state index contributed by atoms with van der Waals surface area (Å²) in [6.07, 6.45) is 0.498. The number of amides is 1. The Hall–Kier alpha value is -2.28. The van der Waals surface area contributed by atoms with Crippen LogP contribution < -0.4 is 5.32 Å². The van der Waals surface area contributed by atoms with Gasteiger partial charge < -0.3 is 15.0 Å². The molecule has 0 fully saturated rings. The summed E-state index contributed by atoms with van der Waals surface area (Å²) in [5.41, 5.74) is 0.390. The Balaban J connectivity index is 1.80. The number of nitrogens with zero attached hydrogens (tertiary/aromatic N) is 3. The number of carbonyl (C=O) groups excluding carboxylic acids is 1. The van der Waals surface area contributed by atoms with Gasteiger partial charge in [-0.2, -0.15) is 0 Å². The van der Waals surface area contributed by atoms with E-state index in [9.17, 15) is 14.3 Å². The van der Waals surface area contributed by atoms with Gasteiger partial charge in [-0.3, -0.25) is 4.79 Å². The summed E-state index contributed by atoms with van der Waals surface area (Å²) in [4.78, 5) is 11.9. The van der Waals surface area contributed by atoms with Crippen LogP contribution in [0.15, 0.2) is 30.6 Å². The molecule has 0 radical (unpaired) electrons. The number of aliphatic hydroxyl groups excluding tert-OH is 1. The summed E-state index contributed by atoms with van der Waals surface area (Å²) >= 11 is 0. The second-order valence-electron chi connectivity index (χ2n) is 5.66. The molecule has 0 bridgehead atoms. The molecule has 1 unspecified atom stereocenters. The maximum atomic E-state index is 13.1. The van der Waals surface area contributed by atoms with Gasteiger partial charge in [-0.1, -0.05) is 26.0 Å². The first kappa shape index (κ1) is 17.1. The Bertz CT molecular complexity index is 657. The number of nitrogens with one attached hydrogen (secondary N) is 1. The molecule has 1 heterocycles. The fraction of sp³-hybridized carbons (Fsp3) is 0.438. The summed E-state index contributed by atoms with van der Waals surface area (Å²) in [6, 6.07) is 5.62. The van der Waals surface area contributed by atoms with E-state index in [-0.39, 0.29) is 18.2 Å². The van der Waals surface area contributed by atoms with E-state index in [1.807, 2.05) is 18.4 Å². The van der Waals surface area contributed by atoms with E-state index in [0.717, 1.165) is 5.82 Å². The van der Waals surface area contributed by atoms with Crippen molar-refractivity contribution < 1.29 is 14.3 Å². The average molecular weight is 320 g/mol. The third kappa shape index (κ3) is 4.85. The highest BCUT2D eigenvalue weighted by molar-refractivity contribution is 5.76. The quantitative estimate of drug-likeness (QED) is 0.815. The van der Waals surface area contributed by atoms with E-state index in [1.165, 1.54) is 18.2 Å². The molecule has 1 aromatic heterocycles. The van der Waals surface area contributed by atoms with Crippen LogP contribution in [0, 0.1) is 5.82 Å². The zero-order chi connectivity index (χ0) is 16.8. The molecule has 2 N–H and O–H groups in total. The molecule has 7 heteroatoms. The Morgan fingerprint density at radius 3 is 2.91 bits per heavy atom. The van der Waals surface area contributed by atoms with Crippen LogP contribution in [0.25, 0.3) is 0 Å². The molecule has 2 aromatic rings. The molecule has 124 valence electrons. The topological polar surface area (TPSA) is 80.0 Å². The van der Waals surface area contributed by atoms with Crippen molar-refractivity contribution in [1.29, 1.82) is 0 Å². The van der Waals surface area contributed by atoms with Gasteiger partial charge in [-0.05, 0) is 17.7 Å². The Kier molecular flexibility index (Phi) is 5.81. The molecule has 2 rings (SSSR count). The molecular formula is C16H21FN4O2. The predicted octanol–water partition coefficient (Wildman–Crippen LogP) is 1.78. The van der Waals surface area contributed by atoms with Crippen LogP contribution in [0.4, 0.5) is 4.39 Å². The lowest BCUT2D eigenvalue weighted by Gasteiger charge is -2.12. The Morgan fingerprint density at radius 2 is 2.22 bits per heavy atom. The van der Waals surface area contributed by atoms with E-state index in [2.05, 4.69) is 15.5 Å². The summed E-state index contributed by atoms with van der Waals surface area (Å²) < 4.78 is 15.0. The predicted molar refractivity (Wildman–Crippen MR) is 83.1 cm³/mol. The Labute approximate surface area is 134 Å². The number of halogens is 1. The minimum atomic E-state index is -1.02. The largest absolute Gasteiger partial charge is 0.388 e. The van der Waals surface area contributed by atoms with E-state index in [1.54, 1.807) is 12.4 Å². The van der Waals surface area contributed by atoms with Crippen LogP contribution in [0.5, 0.6) is 0 Å². The first-order valence-electron chi connectivity index (χ1n) is 7.55. The van der Waals surface area contributed by atoms with Gasteiger partial charge in [0.15, 0.2) is 0 Å². The normalized spacial score (nSPS) is 12.4. The number of hydrogen-bond donors (Lipinski definition) is 2. The number of rotatable bonds is 7. The third-order valence-electron chi connectivity index (χ3n) is 3.45. The van der Waals surface area contributed by atoms with Gasteiger partial charge in [0.25, 0.3) is 0 Å². The smallest absolute Gasteiger partial charge is 0.223 e. The molecular weight excluding hydrogens is 299 g/mol. The van der Waals surface area contributed by atoms with Crippen LogP contribution in [0.2, 0.25) is 0 Å². The number of aromatic nitrogens is 3. The van der Waals surface area contributed by atoms with Gasteiger partial charge >= 0.3 is 0 Å². The van der Waals surface area contributed by atoms with Crippen molar-refractivity contribution >= 4 is 5.91 Å². The molecule has 0 saturated heterocycles. The average Bonchev–Trinajstić information content (AvgIpc) is 2.96. The number of benzene rings is 1. The van der Waals surface area contributed by atoms with Crippen LogP contribution in [-0.2, 0) is 11.3 Å². The zero-order valence-electron chi connectivity index (χ0n) is 13.2. The molecule has 0 aliphatic carbocycles. The van der Waals surface area contributed by atoms with Crippen LogP contribution in [0.3, 0.4) is 0 Å². The highest BCUT2D eigenvalue weighted by Crippen LogP contribution is 2.17. The highest BCUT2D eigenvalue weighted by atomic mass is 19.1. The lowest BCUT2D eigenvalue weighted by atomic mass is 10.1. The summed E-state index contributed by atoms with van der Waals surface area (Å²) in [6.45, 7) is 5.01. The van der Waals surface area contributed by atoms with Gasteiger partial charge in [0.05, 0.1) is 12.5 Å². The second kappa shape index (κ2) is 7.82. The third-order valence-corrected chi connectivity index (χ3v) is 3.45. The SMILES string of the molecule is CC(C)c1nncn1CCNC(=O)CC(O)c1cccc(F)c1. The van der Waals surface area contributed by atoms with Crippen molar-refractivity contribution in [3.8, 4) is 0 Å². The maximum absolute atomic E-state index is 13.1. The van der Waals surface area contributed by atoms with Gasteiger partial charge in [0.1, 0.15) is 18.0 Å². The van der Waals surface area contributed by atoms with Gasteiger partial charge in [0.2, 0.25) is 5.91 Å². The van der Waals surface area contributed by atoms with Crippen molar-refractivity contribution in [1.82, 2.24) is 20.1 Å². The van der Waals surface area contributed by atoms with Gasteiger partial charge in [-0.25, -0.2) is 4.39 Å². The molecule has 0 saturated carbocycles. The zero-order valence-corrected chi connectivity index (χ0v) is 13.2. The fourth-order valence-corrected chi connectivity index (χ4v) is 2.28. The van der Waals surface area contributed by atoms with Crippen LogP contribution >= 0.6 is 0 Å². The molecule has 1 aromatic carbocycles. The first-order valence-corrected chi connectivity index (χ1v) is 7.55. The van der Waals surface area contributed by atoms with Crippen LogP contribution in [0.1, 0.15) is 43.7 Å². The summed E-state index contributed by atoms with van der Waals surface area (Å²) in [7, 11) is 0. The minimum Gasteiger partial charge on any atom is -0.388 e. The monoisotopic (exact) mass is 320 g/mol. The van der Waals surface area contributed by atoms with E-state index in [4.69, 9.17) is 0 Å². The standard InChI is InChI=1S/C16H21FN4O2/c1-11(2)16-20-19-10-21(16)7-6-18-15(23)9-14(22)12-4-3-5-13(17)8-12/h3-5,8,10-11,14,22H,6-7,9H2,1-2H3,(H,18,23). The van der Waals surface area contributed by atoms with Crippen molar-refractivity contribution in [2.24, 2.45) is 0 Å². The Morgan fingerprint density at radius 1 is 1.43 bits per heavy atom. The number of hydrogen-bond acceptors (Lipinski definition) is 4. The van der Waals surface area contributed by atoms with E-state index in [0.29, 0.717) is 18.7 Å². The molecule has 0 spiro atoms. The van der Waals surface area contributed by atoms with E-state index >= 15 is 0 Å². The van der Waals surface area contributed by atoms with Crippen molar-refractivity contribution in [2.45, 2.75) is 38.8 Å². The molecule has 0 aliphatic heterocycles. The van der Waals surface area contributed by atoms with Gasteiger partial charge in [-0.15, -0.1) is 10.2 Å². The number of carbonyl (C=O) groups is 1. The van der Waals surface area contributed by atoms with Gasteiger partial charge in [0, 0.05) is 19.0 Å². The molecule has 23 heavy (non-hydrogen) atoms. The van der Waals surface area contributed by atoms with Crippen molar-refractivity contribution in [2.75, 3.05) is 6.54 Å². The summed E-state index contributed by atoms with van der Waals surface area (Å²) in [5.74, 6) is 0.388. The van der Waals surface area contributed by atoms with Crippen molar-refractivity contribution in [3.63, 3.8) is 0 Å². The van der Waals surface area contributed by atoms with E-state index < -0.39 is 11.9 Å². The second-order valence-corrected chi connectivity index (χ2v) is 5.66. The lowest BCUT2D eigenvalue weighted by molar-refractivity contribution is -0.123. The number of aliphatic hydroxyl groups is 1. The van der Waals surface area contributed by atoms with Crippen molar-refractivity contribution in [3.05, 3.63) is 47.8 Å². The maximum Gasteiger partial charge on any atom is 0.223 e. The molecule has 1 atom stereocenters. The molecule has 0 aliphatic rings. The fourth-order valence-electron chi connectivity index (χ4n) is 2.28. The minimum absolute atomic E-state index is 0.108.